The molecule has 2 N–H and O–H groups in total. The molecule has 0 spiro atoms. The first-order valence-corrected chi connectivity index (χ1v) is 7.00. The van der Waals surface area contributed by atoms with Crippen LogP contribution in [0.4, 0.5) is 0 Å². The summed E-state index contributed by atoms with van der Waals surface area (Å²) in [6.45, 7) is 7.78. The second-order valence-corrected chi connectivity index (χ2v) is 6.28. The quantitative estimate of drug-likeness (QED) is 0.891. The van der Waals surface area contributed by atoms with Crippen LogP contribution in [0.15, 0.2) is 48.5 Å². The predicted molar refractivity (Wildman–Crippen MR) is 92.0 cm³/mol. The maximum absolute atomic E-state index is 5.86. The van der Waals surface area contributed by atoms with Crippen molar-refractivity contribution in [2.75, 3.05) is 6.61 Å². The SMILES string of the molecule is CC(C)(C)COc1cccc(-c2cccc(CN)c2)c1.Cl. The van der Waals surface area contributed by atoms with E-state index in [-0.39, 0.29) is 17.8 Å². The Balaban J connectivity index is 0.00000220. The lowest BCUT2D eigenvalue weighted by Crippen LogP contribution is -2.16. The van der Waals surface area contributed by atoms with Crippen molar-refractivity contribution < 1.29 is 4.74 Å². The zero-order chi connectivity index (χ0) is 14.6. The summed E-state index contributed by atoms with van der Waals surface area (Å²) in [5, 5.41) is 0. The Morgan fingerprint density at radius 2 is 1.57 bits per heavy atom. The van der Waals surface area contributed by atoms with Gasteiger partial charge in [-0.25, -0.2) is 0 Å². The molecule has 2 rings (SSSR count). The number of hydrogen-bond donors (Lipinski definition) is 1. The highest BCUT2D eigenvalue weighted by molar-refractivity contribution is 5.85. The minimum absolute atomic E-state index is 0. The van der Waals surface area contributed by atoms with Crippen molar-refractivity contribution in [1.82, 2.24) is 0 Å². The van der Waals surface area contributed by atoms with E-state index in [2.05, 4.69) is 45.0 Å². The minimum Gasteiger partial charge on any atom is -0.493 e. The van der Waals surface area contributed by atoms with Gasteiger partial charge in [0.2, 0.25) is 0 Å². The molecule has 0 saturated heterocycles. The van der Waals surface area contributed by atoms with Crippen molar-refractivity contribution in [3.8, 4) is 16.9 Å². The van der Waals surface area contributed by atoms with Gasteiger partial charge in [-0.3, -0.25) is 0 Å². The molecule has 0 aromatic heterocycles. The maximum atomic E-state index is 5.86. The first-order valence-electron chi connectivity index (χ1n) is 7.00. The zero-order valence-electron chi connectivity index (χ0n) is 12.9. The molecule has 0 aliphatic rings. The van der Waals surface area contributed by atoms with Crippen LogP contribution in [-0.2, 0) is 6.54 Å². The van der Waals surface area contributed by atoms with E-state index >= 15 is 0 Å². The van der Waals surface area contributed by atoms with Gasteiger partial charge >= 0.3 is 0 Å². The summed E-state index contributed by atoms with van der Waals surface area (Å²) in [6.07, 6.45) is 0. The second kappa shape index (κ2) is 7.48. The molecule has 0 aliphatic heterocycles. The minimum atomic E-state index is 0. The summed E-state index contributed by atoms with van der Waals surface area (Å²) in [5.74, 6) is 0.913. The Labute approximate surface area is 133 Å². The molecule has 21 heavy (non-hydrogen) atoms. The Hall–Kier alpha value is -1.51. The fourth-order valence-electron chi connectivity index (χ4n) is 1.94. The molecule has 0 aliphatic carbocycles. The van der Waals surface area contributed by atoms with E-state index in [9.17, 15) is 0 Å². The van der Waals surface area contributed by atoms with E-state index in [4.69, 9.17) is 10.5 Å². The molecule has 2 aromatic rings. The van der Waals surface area contributed by atoms with E-state index in [0.29, 0.717) is 13.2 Å². The van der Waals surface area contributed by atoms with Gasteiger partial charge in [0.1, 0.15) is 5.75 Å². The number of benzene rings is 2. The number of ether oxygens (including phenoxy) is 1. The summed E-state index contributed by atoms with van der Waals surface area (Å²) < 4.78 is 5.86. The standard InChI is InChI=1S/C18H23NO.ClH/c1-18(2,3)13-20-17-9-5-8-16(11-17)15-7-4-6-14(10-15)12-19;/h4-11H,12-13,19H2,1-3H3;1H. The van der Waals surface area contributed by atoms with Crippen molar-refractivity contribution in [2.45, 2.75) is 27.3 Å². The Kier molecular flexibility index (Phi) is 6.25. The average Bonchev–Trinajstić information content (AvgIpc) is 2.45. The van der Waals surface area contributed by atoms with Gasteiger partial charge in [0.05, 0.1) is 6.61 Å². The Morgan fingerprint density at radius 3 is 2.19 bits per heavy atom. The molecule has 0 amide bonds. The van der Waals surface area contributed by atoms with Crippen LogP contribution in [0, 0.1) is 5.41 Å². The van der Waals surface area contributed by atoms with Crippen molar-refractivity contribution in [2.24, 2.45) is 11.1 Å². The normalized spacial score (nSPS) is 10.9. The number of halogens is 1. The van der Waals surface area contributed by atoms with E-state index in [1.165, 1.54) is 5.56 Å². The van der Waals surface area contributed by atoms with Crippen LogP contribution in [0.3, 0.4) is 0 Å². The van der Waals surface area contributed by atoms with Crippen molar-refractivity contribution in [3.63, 3.8) is 0 Å². The zero-order valence-corrected chi connectivity index (χ0v) is 13.7. The lowest BCUT2D eigenvalue weighted by atomic mass is 9.98. The van der Waals surface area contributed by atoms with Gasteiger partial charge in [0.15, 0.2) is 0 Å². The van der Waals surface area contributed by atoms with Crippen molar-refractivity contribution in [3.05, 3.63) is 54.1 Å². The van der Waals surface area contributed by atoms with E-state index in [0.717, 1.165) is 16.9 Å². The van der Waals surface area contributed by atoms with Gasteiger partial charge in [0, 0.05) is 6.54 Å². The number of nitrogens with two attached hydrogens (primary N) is 1. The van der Waals surface area contributed by atoms with Crippen LogP contribution in [0.2, 0.25) is 0 Å². The van der Waals surface area contributed by atoms with Crippen molar-refractivity contribution in [1.29, 1.82) is 0 Å². The molecule has 2 aromatic carbocycles. The van der Waals surface area contributed by atoms with Crippen LogP contribution < -0.4 is 10.5 Å². The molecule has 0 heterocycles. The van der Waals surface area contributed by atoms with E-state index in [1.807, 2.05) is 24.3 Å². The molecular weight excluding hydrogens is 282 g/mol. The van der Waals surface area contributed by atoms with Crippen molar-refractivity contribution >= 4 is 12.4 Å². The van der Waals surface area contributed by atoms with Gasteiger partial charge in [-0.05, 0) is 40.3 Å². The average molecular weight is 306 g/mol. The third kappa shape index (κ3) is 5.41. The van der Waals surface area contributed by atoms with Crippen LogP contribution in [-0.4, -0.2) is 6.61 Å². The summed E-state index contributed by atoms with van der Waals surface area (Å²) >= 11 is 0. The van der Waals surface area contributed by atoms with Gasteiger partial charge < -0.3 is 10.5 Å². The summed E-state index contributed by atoms with van der Waals surface area (Å²) in [5.41, 5.74) is 9.34. The molecule has 0 saturated carbocycles. The molecule has 0 radical (unpaired) electrons. The Bertz CT molecular complexity index is 575. The maximum Gasteiger partial charge on any atom is 0.119 e. The third-order valence-corrected chi connectivity index (χ3v) is 3.00. The Morgan fingerprint density at radius 1 is 0.952 bits per heavy atom. The summed E-state index contributed by atoms with van der Waals surface area (Å²) in [6, 6.07) is 16.5. The molecule has 2 nitrogen and oxygen atoms in total. The summed E-state index contributed by atoms with van der Waals surface area (Å²) in [4.78, 5) is 0. The first kappa shape index (κ1) is 17.5. The van der Waals surface area contributed by atoms with Gasteiger partial charge in [0.25, 0.3) is 0 Å². The molecule has 0 fully saturated rings. The smallest absolute Gasteiger partial charge is 0.119 e. The first-order chi connectivity index (χ1) is 9.48. The fraction of sp³-hybridized carbons (Fsp3) is 0.333. The lowest BCUT2D eigenvalue weighted by Gasteiger charge is -2.19. The highest BCUT2D eigenvalue weighted by atomic mass is 35.5. The lowest BCUT2D eigenvalue weighted by molar-refractivity contribution is 0.198. The number of hydrogen-bond acceptors (Lipinski definition) is 2. The third-order valence-electron chi connectivity index (χ3n) is 3.00. The molecule has 114 valence electrons. The summed E-state index contributed by atoms with van der Waals surface area (Å²) in [7, 11) is 0. The number of rotatable bonds is 4. The molecular formula is C18H24ClNO. The van der Waals surface area contributed by atoms with E-state index in [1.54, 1.807) is 0 Å². The van der Waals surface area contributed by atoms with Crippen LogP contribution in [0.25, 0.3) is 11.1 Å². The van der Waals surface area contributed by atoms with Gasteiger partial charge in [-0.15, -0.1) is 12.4 Å². The van der Waals surface area contributed by atoms with Gasteiger partial charge in [-0.1, -0.05) is 51.1 Å². The van der Waals surface area contributed by atoms with E-state index < -0.39 is 0 Å². The second-order valence-electron chi connectivity index (χ2n) is 6.28. The fourth-order valence-corrected chi connectivity index (χ4v) is 1.94. The molecule has 3 heteroatoms. The topological polar surface area (TPSA) is 35.2 Å². The van der Waals surface area contributed by atoms with Crippen LogP contribution in [0.1, 0.15) is 26.3 Å². The largest absolute Gasteiger partial charge is 0.493 e. The van der Waals surface area contributed by atoms with Crippen LogP contribution >= 0.6 is 12.4 Å². The molecule has 0 atom stereocenters. The predicted octanol–water partition coefficient (Wildman–Crippen LogP) is 4.66. The molecule has 0 bridgehead atoms. The van der Waals surface area contributed by atoms with Crippen LogP contribution in [0.5, 0.6) is 5.75 Å². The highest BCUT2D eigenvalue weighted by Crippen LogP contribution is 2.25. The van der Waals surface area contributed by atoms with Gasteiger partial charge in [-0.2, -0.15) is 0 Å². The molecule has 0 unspecified atom stereocenters. The highest BCUT2D eigenvalue weighted by Gasteiger charge is 2.11. The monoisotopic (exact) mass is 305 g/mol.